The standard InChI is InChI=1S/C20H17N3O2/c1-15(17-5-3-2-4-6-17)23-20(24)18(14-22)13-16-7-9-19(10-8-16)25-12-11-21/h2-10,13,15H,12H2,1H3,(H,23,24)/b18-13+/t15-/m1/s1. The average Bonchev–Trinajstić information content (AvgIpc) is 2.65. The third-order valence-electron chi connectivity index (χ3n) is 3.51. The summed E-state index contributed by atoms with van der Waals surface area (Å²) in [7, 11) is 0. The zero-order valence-electron chi connectivity index (χ0n) is 13.8. The number of amides is 1. The lowest BCUT2D eigenvalue weighted by molar-refractivity contribution is -0.117. The van der Waals surface area contributed by atoms with Crippen molar-refractivity contribution in [1.29, 1.82) is 10.5 Å². The minimum Gasteiger partial charge on any atom is -0.479 e. The molecule has 5 heteroatoms. The molecule has 0 bridgehead atoms. The van der Waals surface area contributed by atoms with Gasteiger partial charge in [-0.1, -0.05) is 42.5 Å². The number of nitrogens with one attached hydrogen (secondary N) is 1. The van der Waals surface area contributed by atoms with Crippen LogP contribution in [-0.2, 0) is 4.79 Å². The maximum absolute atomic E-state index is 12.3. The number of rotatable bonds is 6. The molecule has 0 unspecified atom stereocenters. The van der Waals surface area contributed by atoms with Gasteiger partial charge in [0.2, 0.25) is 0 Å². The highest BCUT2D eigenvalue weighted by Gasteiger charge is 2.13. The summed E-state index contributed by atoms with van der Waals surface area (Å²) in [6.45, 7) is 1.84. The van der Waals surface area contributed by atoms with Crippen LogP contribution in [0.2, 0.25) is 0 Å². The van der Waals surface area contributed by atoms with E-state index in [1.54, 1.807) is 24.3 Å². The van der Waals surface area contributed by atoms with Crippen LogP contribution in [0.1, 0.15) is 24.1 Å². The summed E-state index contributed by atoms with van der Waals surface area (Å²) < 4.78 is 5.16. The molecular weight excluding hydrogens is 314 g/mol. The molecule has 2 rings (SSSR count). The number of hydrogen-bond donors (Lipinski definition) is 1. The van der Waals surface area contributed by atoms with Gasteiger partial charge in [0, 0.05) is 0 Å². The van der Waals surface area contributed by atoms with Gasteiger partial charge in [-0.05, 0) is 36.3 Å². The van der Waals surface area contributed by atoms with Crippen molar-refractivity contribution in [2.75, 3.05) is 6.61 Å². The molecule has 0 aliphatic rings. The third kappa shape index (κ3) is 5.23. The van der Waals surface area contributed by atoms with Gasteiger partial charge < -0.3 is 10.1 Å². The Morgan fingerprint density at radius 1 is 1.16 bits per heavy atom. The topological polar surface area (TPSA) is 85.9 Å². The second-order valence-corrected chi connectivity index (χ2v) is 5.29. The van der Waals surface area contributed by atoms with Crippen LogP contribution in [0, 0.1) is 22.7 Å². The van der Waals surface area contributed by atoms with Gasteiger partial charge in [-0.3, -0.25) is 4.79 Å². The molecule has 1 atom stereocenters. The van der Waals surface area contributed by atoms with Gasteiger partial charge in [0.1, 0.15) is 23.5 Å². The highest BCUT2D eigenvalue weighted by atomic mass is 16.5. The van der Waals surface area contributed by atoms with E-state index in [1.165, 1.54) is 6.08 Å². The second kappa shape index (κ2) is 8.90. The minimum atomic E-state index is -0.427. The maximum atomic E-state index is 12.3. The fraction of sp³-hybridized carbons (Fsp3) is 0.150. The molecule has 1 N–H and O–H groups in total. The van der Waals surface area contributed by atoms with Crippen molar-refractivity contribution in [3.8, 4) is 17.9 Å². The van der Waals surface area contributed by atoms with Gasteiger partial charge in [-0.15, -0.1) is 0 Å². The summed E-state index contributed by atoms with van der Waals surface area (Å²) in [5.41, 5.74) is 1.68. The number of benzene rings is 2. The highest BCUT2D eigenvalue weighted by molar-refractivity contribution is 6.01. The number of hydrogen-bond acceptors (Lipinski definition) is 4. The van der Waals surface area contributed by atoms with E-state index in [0.717, 1.165) is 5.56 Å². The molecule has 124 valence electrons. The first-order valence-corrected chi connectivity index (χ1v) is 7.71. The molecule has 5 nitrogen and oxygen atoms in total. The molecule has 25 heavy (non-hydrogen) atoms. The van der Waals surface area contributed by atoms with Gasteiger partial charge in [-0.2, -0.15) is 10.5 Å². The number of nitriles is 2. The molecular formula is C20H17N3O2. The average molecular weight is 331 g/mol. The van der Waals surface area contributed by atoms with E-state index in [4.69, 9.17) is 10.00 Å². The molecule has 2 aromatic carbocycles. The molecule has 1 amide bonds. The van der Waals surface area contributed by atoms with Crippen molar-refractivity contribution in [3.63, 3.8) is 0 Å². The number of carbonyl (C=O) groups excluding carboxylic acids is 1. The first-order chi connectivity index (χ1) is 12.1. The highest BCUT2D eigenvalue weighted by Crippen LogP contribution is 2.16. The van der Waals surface area contributed by atoms with Crippen LogP contribution in [0.15, 0.2) is 60.2 Å². The maximum Gasteiger partial charge on any atom is 0.262 e. The normalized spacial score (nSPS) is 11.7. The molecule has 0 saturated carbocycles. The zero-order chi connectivity index (χ0) is 18.1. The summed E-state index contributed by atoms with van der Waals surface area (Å²) in [6, 6.07) is 20.0. The number of carbonyl (C=O) groups is 1. The van der Waals surface area contributed by atoms with Crippen molar-refractivity contribution in [3.05, 3.63) is 71.3 Å². The number of ether oxygens (including phenoxy) is 1. The summed E-state index contributed by atoms with van der Waals surface area (Å²) in [4.78, 5) is 12.3. The molecule has 0 aliphatic carbocycles. The van der Waals surface area contributed by atoms with E-state index >= 15 is 0 Å². The number of nitrogens with zero attached hydrogens (tertiary/aromatic N) is 2. The molecule has 0 fully saturated rings. The molecule has 0 aromatic heterocycles. The predicted octanol–water partition coefficient (Wildman–Crippen LogP) is 3.37. The van der Waals surface area contributed by atoms with Gasteiger partial charge in [0.15, 0.2) is 6.61 Å². The summed E-state index contributed by atoms with van der Waals surface area (Å²) in [5.74, 6) is 0.128. The van der Waals surface area contributed by atoms with Crippen LogP contribution < -0.4 is 10.1 Å². The quantitative estimate of drug-likeness (QED) is 0.649. The lowest BCUT2D eigenvalue weighted by atomic mass is 10.1. The van der Waals surface area contributed by atoms with Gasteiger partial charge >= 0.3 is 0 Å². The minimum absolute atomic E-state index is 0.0217. The Morgan fingerprint density at radius 2 is 1.84 bits per heavy atom. The van der Waals surface area contributed by atoms with E-state index in [-0.39, 0.29) is 18.2 Å². The van der Waals surface area contributed by atoms with Crippen LogP contribution in [0.4, 0.5) is 0 Å². The van der Waals surface area contributed by atoms with E-state index in [0.29, 0.717) is 11.3 Å². The van der Waals surface area contributed by atoms with Crippen molar-refractivity contribution in [1.82, 2.24) is 5.32 Å². The van der Waals surface area contributed by atoms with Crippen LogP contribution in [-0.4, -0.2) is 12.5 Å². The Labute approximate surface area is 146 Å². The van der Waals surface area contributed by atoms with Gasteiger partial charge in [0.25, 0.3) is 5.91 Å². The van der Waals surface area contributed by atoms with Crippen LogP contribution in [0.5, 0.6) is 5.75 Å². The Kier molecular flexibility index (Phi) is 6.33. The first-order valence-electron chi connectivity index (χ1n) is 7.71. The van der Waals surface area contributed by atoms with Gasteiger partial charge in [0.05, 0.1) is 6.04 Å². The molecule has 0 radical (unpaired) electrons. The van der Waals surface area contributed by atoms with E-state index in [2.05, 4.69) is 5.32 Å². The molecule has 2 aromatic rings. The van der Waals surface area contributed by atoms with Crippen molar-refractivity contribution < 1.29 is 9.53 Å². The smallest absolute Gasteiger partial charge is 0.262 e. The second-order valence-electron chi connectivity index (χ2n) is 5.29. The monoisotopic (exact) mass is 331 g/mol. The fourth-order valence-electron chi connectivity index (χ4n) is 2.19. The lowest BCUT2D eigenvalue weighted by Gasteiger charge is -2.13. The lowest BCUT2D eigenvalue weighted by Crippen LogP contribution is -2.27. The molecule has 0 spiro atoms. The Balaban J connectivity index is 2.07. The third-order valence-corrected chi connectivity index (χ3v) is 3.51. The van der Waals surface area contributed by atoms with E-state index in [1.807, 2.05) is 49.4 Å². The first kappa shape index (κ1) is 17.8. The molecule has 0 heterocycles. The summed E-state index contributed by atoms with van der Waals surface area (Å²) in [6.07, 6.45) is 1.51. The largest absolute Gasteiger partial charge is 0.479 e. The molecule has 0 aliphatic heterocycles. The van der Waals surface area contributed by atoms with Crippen LogP contribution in [0.25, 0.3) is 6.08 Å². The SMILES string of the molecule is C[C@@H](NC(=O)/C(C#N)=C/c1ccc(OCC#N)cc1)c1ccccc1. The van der Waals surface area contributed by atoms with E-state index < -0.39 is 5.91 Å². The summed E-state index contributed by atoms with van der Waals surface area (Å²) in [5, 5.41) is 20.6. The predicted molar refractivity (Wildman–Crippen MR) is 94.1 cm³/mol. The Bertz CT molecular complexity index is 828. The Morgan fingerprint density at radius 3 is 2.44 bits per heavy atom. The van der Waals surface area contributed by atoms with Crippen molar-refractivity contribution in [2.45, 2.75) is 13.0 Å². The summed E-state index contributed by atoms with van der Waals surface area (Å²) >= 11 is 0. The van der Waals surface area contributed by atoms with Crippen molar-refractivity contribution in [2.24, 2.45) is 0 Å². The van der Waals surface area contributed by atoms with Gasteiger partial charge in [-0.25, -0.2) is 0 Å². The fourth-order valence-corrected chi connectivity index (χ4v) is 2.19. The Hall–Kier alpha value is -3.57. The van der Waals surface area contributed by atoms with Crippen molar-refractivity contribution >= 4 is 12.0 Å². The zero-order valence-corrected chi connectivity index (χ0v) is 13.8. The molecule has 0 saturated heterocycles. The van der Waals surface area contributed by atoms with Crippen LogP contribution in [0.3, 0.4) is 0 Å². The van der Waals surface area contributed by atoms with E-state index in [9.17, 15) is 10.1 Å². The van der Waals surface area contributed by atoms with Crippen LogP contribution >= 0.6 is 0 Å².